The average molecular weight is 511 g/mol. The number of hydrogen-bond donors (Lipinski definition) is 3. The summed E-state index contributed by atoms with van der Waals surface area (Å²) in [6.45, 7) is 10.3. The van der Waals surface area contributed by atoms with Crippen LogP contribution in [0.25, 0.3) is 0 Å². The van der Waals surface area contributed by atoms with E-state index in [1.165, 1.54) is 0 Å². The minimum absolute atomic E-state index is 0. The summed E-state index contributed by atoms with van der Waals surface area (Å²) in [5.41, 5.74) is 0.483. The van der Waals surface area contributed by atoms with Crippen molar-refractivity contribution in [2.75, 3.05) is 39.4 Å². The van der Waals surface area contributed by atoms with Crippen molar-refractivity contribution in [1.29, 1.82) is 0 Å². The van der Waals surface area contributed by atoms with E-state index in [2.05, 4.69) is 34.8 Å². The molecule has 1 rings (SSSR count). The number of benzene rings is 1. The molecule has 0 heterocycles. The predicted molar refractivity (Wildman–Crippen MR) is 123 cm³/mol. The van der Waals surface area contributed by atoms with Crippen LogP contribution in [0.1, 0.15) is 37.6 Å². The highest BCUT2D eigenvalue weighted by molar-refractivity contribution is 14.0. The van der Waals surface area contributed by atoms with Crippen LogP contribution >= 0.6 is 35.6 Å². The molecule has 8 heteroatoms. The van der Waals surface area contributed by atoms with Crippen LogP contribution in [0.15, 0.2) is 29.3 Å². The number of ether oxygens (including phenoxy) is 1. The maximum Gasteiger partial charge on any atom is 0.252 e. The zero-order valence-electron chi connectivity index (χ0n) is 16.4. The van der Waals surface area contributed by atoms with Crippen LogP contribution in [0.5, 0.6) is 0 Å². The number of rotatable bonds is 11. The Bertz CT molecular complexity index is 570. The number of carbonyl (C=O) groups is 1. The smallest absolute Gasteiger partial charge is 0.252 e. The number of guanidine groups is 1. The lowest BCUT2D eigenvalue weighted by Crippen LogP contribution is -2.41. The highest BCUT2D eigenvalue weighted by atomic mass is 127. The van der Waals surface area contributed by atoms with Crippen LogP contribution in [0.4, 0.5) is 0 Å². The van der Waals surface area contributed by atoms with Crippen LogP contribution in [-0.4, -0.2) is 51.3 Å². The molecule has 0 atom stereocenters. The number of carbonyl (C=O) groups excluding carboxylic acids is 1. The van der Waals surface area contributed by atoms with Gasteiger partial charge < -0.3 is 20.7 Å². The number of nitrogens with zero attached hydrogens (tertiary/aromatic N) is 1. The van der Waals surface area contributed by atoms with Gasteiger partial charge in [-0.05, 0) is 31.4 Å². The molecule has 0 fully saturated rings. The van der Waals surface area contributed by atoms with Crippen LogP contribution in [0.2, 0.25) is 5.02 Å². The first-order valence-corrected chi connectivity index (χ1v) is 9.55. The van der Waals surface area contributed by atoms with Gasteiger partial charge in [-0.3, -0.25) is 9.79 Å². The Morgan fingerprint density at radius 1 is 1.19 bits per heavy atom. The third-order valence-corrected chi connectivity index (χ3v) is 3.66. The summed E-state index contributed by atoms with van der Waals surface area (Å²) in [6.07, 6.45) is 0.881. The minimum atomic E-state index is -0.179. The van der Waals surface area contributed by atoms with Crippen molar-refractivity contribution >= 4 is 47.4 Å². The molecule has 3 N–H and O–H groups in total. The Morgan fingerprint density at radius 3 is 2.56 bits per heavy atom. The van der Waals surface area contributed by atoms with Crippen molar-refractivity contribution < 1.29 is 9.53 Å². The fourth-order valence-corrected chi connectivity index (χ4v) is 2.34. The van der Waals surface area contributed by atoms with Crippen molar-refractivity contribution in [1.82, 2.24) is 16.0 Å². The van der Waals surface area contributed by atoms with Crippen molar-refractivity contribution in [3.8, 4) is 0 Å². The fraction of sp³-hybridized carbons (Fsp3) is 0.579. The summed E-state index contributed by atoms with van der Waals surface area (Å²) in [5, 5.41) is 9.68. The second-order valence-electron chi connectivity index (χ2n) is 6.25. The molecular formula is C19H32ClIN4O2. The standard InChI is InChI=1S/C19H31ClN4O2.HI/c1-4-21-19(23-10-7-13-26-14-15(2)3)24-12-11-22-18(25)16-8-5-6-9-17(16)20;/h5-6,8-9,15H,4,7,10-14H2,1-3H3,(H,22,25)(H2,21,23,24);1H. The number of nitrogens with one attached hydrogen (secondary N) is 3. The van der Waals surface area contributed by atoms with Crippen molar-refractivity contribution in [2.45, 2.75) is 27.2 Å². The van der Waals surface area contributed by atoms with E-state index in [1.54, 1.807) is 24.3 Å². The van der Waals surface area contributed by atoms with Crippen molar-refractivity contribution in [3.63, 3.8) is 0 Å². The van der Waals surface area contributed by atoms with Crippen molar-refractivity contribution in [3.05, 3.63) is 34.9 Å². The molecular weight excluding hydrogens is 479 g/mol. The molecule has 0 saturated carbocycles. The van der Waals surface area contributed by atoms with Crippen LogP contribution in [-0.2, 0) is 4.74 Å². The molecule has 0 aliphatic heterocycles. The molecule has 1 aromatic carbocycles. The van der Waals surface area contributed by atoms with E-state index < -0.39 is 0 Å². The topological polar surface area (TPSA) is 74.8 Å². The summed E-state index contributed by atoms with van der Waals surface area (Å²) in [4.78, 5) is 16.6. The van der Waals surface area contributed by atoms with Gasteiger partial charge in [-0.15, -0.1) is 24.0 Å². The fourth-order valence-electron chi connectivity index (χ4n) is 2.12. The average Bonchev–Trinajstić information content (AvgIpc) is 2.61. The lowest BCUT2D eigenvalue weighted by atomic mass is 10.2. The third-order valence-electron chi connectivity index (χ3n) is 3.33. The van der Waals surface area contributed by atoms with Gasteiger partial charge in [0, 0.05) is 39.4 Å². The number of halogens is 2. The van der Waals surface area contributed by atoms with E-state index in [4.69, 9.17) is 16.3 Å². The Morgan fingerprint density at radius 2 is 1.89 bits per heavy atom. The highest BCUT2D eigenvalue weighted by Crippen LogP contribution is 2.14. The lowest BCUT2D eigenvalue weighted by molar-refractivity contribution is 0.0954. The van der Waals surface area contributed by atoms with E-state index in [0.717, 1.165) is 32.1 Å². The summed E-state index contributed by atoms with van der Waals surface area (Å²) in [7, 11) is 0. The number of aliphatic imine (C=N–C) groups is 1. The van der Waals surface area contributed by atoms with Crippen LogP contribution in [0.3, 0.4) is 0 Å². The molecule has 6 nitrogen and oxygen atoms in total. The number of hydrogen-bond acceptors (Lipinski definition) is 3. The third kappa shape index (κ3) is 12.1. The molecule has 0 radical (unpaired) electrons. The molecule has 0 unspecified atom stereocenters. The maximum absolute atomic E-state index is 12.1. The predicted octanol–water partition coefficient (Wildman–Crippen LogP) is 3.31. The van der Waals surface area contributed by atoms with Gasteiger partial charge in [0.05, 0.1) is 10.6 Å². The second kappa shape index (κ2) is 15.9. The summed E-state index contributed by atoms with van der Waals surface area (Å²) in [6, 6.07) is 7.00. The summed E-state index contributed by atoms with van der Waals surface area (Å²) >= 11 is 6.02. The van der Waals surface area contributed by atoms with Crippen molar-refractivity contribution in [2.24, 2.45) is 10.9 Å². The molecule has 0 saturated heterocycles. The normalized spacial score (nSPS) is 11.1. The molecule has 0 bridgehead atoms. The molecule has 0 aromatic heterocycles. The maximum atomic E-state index is 12.1. The quantitative estimate of drug-likeness (QED) is 0.185. The molecule has 0 aliphatic carbocycles. The van der Waals surface area contributed by atoms with E-state index >= 15 is 0 Å². The number of amides is 1. The first-order valence-electron chi connectivity index (χ1n) is 9.17. The SMILES string of the molecule is CCNC(=NCCCOCC(C)C)NCCNC(=O)c1ccccc1Cl.I. The van der Waals surface area contributed by atoms with Gasteiger partial charge in [0.2, 0.25) is 0 Å². The van der Waals surface area contributed by atoms with E-state index in [9.17, 15) is 4.79 Å². The summed E-state index contributed by atoms with van der Waals surface area (Å²) < 4.78 is 5.55. The van der Waals surface area contributed by atoms with Crippen LogP contribution in [0, 0.1) is 5.92 Å². The van der Waals surface area contributed by atoms with E-state index in [1.807, 2.05) is 6.92 Å². The van der Waals surface area contributed by atoms with Gasteiger partial charge in [-0.2, -0.15) is 0 Å². The molecule has 1 aromatic rings. The van der Waals surface area contributed by atoms with E-state index in [-0.39, 0.29) is 29.9 Å². The lowest BCUT2D eigenvalue weighted by Gasteiger charge is -2.12. The molecule has 27 heavy (non-hydrogen) atoms. The Labute approximate surface area is 184 Å². The zero-order valence-corrected chi connectivity index (χ0v) is 19.5. The van der Waals surface area contributed by atoms with Gasteiger partial charge in [0.15, 0.2) is 5.96 Å². The Kier molecular flexibility index (Phi) is 15.3. The van der Waals surface area contributed by atoms with Gasteiger partial charge in [0.1, 0.15) is 0 Å². The van der Waals surface area contributed by atoms with Gasteiger partial charge in [0.25, 0.3) is 5.91 Å². The first kappa shape index (κ1) is 25.9. The zero-order chi connectivity index (χ0) is 19.2. The monoisotopic (exact) mass is 510 g/mol. The molecule has 1 amide bonds. The Balaban J connectivity index is 0.00000676. The van der Waals surface area contributed by atoms with Gasteiger partial charge in [-0.25, -0.2) is 0 Å². The second-order valence-corrected chi connectivity index (χ2v) is 6.65. The molecule has 0 spiro atoms. The molecule has 0 aliphatic rings. The van der Waals surface area contributed by atoms with Gasteiger partial charge >= 0.3 is 0 Å². The summed E-state index contributed by atoms with van der Waals surface area (Å²) in [5.74, 6) is 1.11. The van der Waals surface area contributed by atoms with E-state index in [0.29, 0.717) is 36.1 Å². The minimum Gasteiger partial charge on any atom is -0.381 e. The highest BCUT2D eigenvalue weighted by Gasteiger charge is 2.08. The largest absolute Gasteiger partial charge is 0.381 e. The van der Waals surface area contributed by atoms with Gasteiger partial charge in [-0.1, -0.05) is 37.6 Å². The molecule has 154 valence electrons. The Hall–Kier alpha value is -1.06. The van der Waals surface area contributed by atoms with Crippen LogP contribution < -0.4 is 16.0 Å². The first-order chi connectivity index (χ1) is 12.5.